The van der Waals surface area contributed by atoms with Crippen LogP contribution in [0, 0.1) is 0 Å². The van der Waals surface area contributed by atoms with E-state index in [4.69, 9.17) is 0 Å². The quantitative estimate of drug-likeness (QED) is 0.0901. The molecule has 0 atom stereocenters. The topological polar surface area (TPSA) is 32.3 Å². The zero-order chi connectivity index (χ0) is 84.9. The molecule has 18 aromatic carbocycles. The molecule has 3 aliphatic carbocycles. The summed E-state index contributed by atoms with van der Waals surface area (Å²) in [4.78, 5) is 14.0. The van der Waals surface area contributed by atoms with Crippen LogP contribution in [0.2, 0.25) is 0 Å². The number of benzene rings is 18. The van der Waals surface area contributed by atoms with Gasteiger partial charge in [0.25, 0.3) is 0 Å². The highest BCUT2D eigenvalue weighted by Crippen LogP contribution is 2.55. The lowest BCUT2D eigenvalue weighted by Crippen LogP contribution is -2.15. The highest BCUT2D eigenvalue weighted by atomic mass is 15.1. The molecule has 20 aromatic rings. The lowest BCUT2D eigenvalue weighted by Gasteiger charge is -2.27. The van der Waals surface area contributed by atoms with Crippen molar-refractivity contribution in [2.75, 3.05) is 9.80 Å². The van der Waals surface area contributed by atoms with Crippen molar-refractivity contribution < 1.29 is 0 Å². The Bertz CT molecular complexity index is 6880. The Labute approximate surface area is 744 Å². The number of rotatable bonds is 12. The third-order valence-electron chi connectivity index (χ3n) is 26.1. The van der Waals surface area contributed by atoms with E-state index in [2.05, 4.69) is 489 Å². The molecular formula is C119H90B3N4. The summed E-state index contributed by atoms with van der Waals surface area (Å²) in [5, 5.41) is 7.16. The molecule has 23 rings (SSSR count). The molecule has 0 spiro atoms. The number of hydrogen-bond donors (Lipinski definition) is 0. The molecule has 4 nitrogen and oxygen atoms in total. The van der Waals surface area contributed by atoms with Crippen molar-refractivity contribution in [3.63, 3.8) is 0 Å². The SMILES string of the molecule is CC1(C)c2ccccc2-c2ccc(-c3cc(-c4ccc5c(c4)C(C)(C)c4ccccc4-5)cc(-c4ccc5c(c4)C(C)(C)c4ccccc4-5)c3)cc21.[B].[B][B].c1ccc(-c2ccnc3c2ccc2c(-c4ccccc4)ccnc23)cc1.c1ccc(N(c2ccc(-c3ccc(N(c4ccccc4)c4cccc5ccccc45)cc3)cc2)c2cccc3ccccc23)cc1. The van der Waals surface area contributed by atoms with E-state index in [0.29, 0.717) is 0 Å². The van der Waals surface area contributed by atoms with Crippen LogP contribution in [0.25, 0.3) is 143 Å². The second-order valence-electron chi connectivity index (χ2n) is 34.3. The van der Waals surface area contributed by atoms with Crippen LogP contribution in [0.1, 0.15) is 74.9 Å². The minimum atomic E-state index is -0.0521. The van der Waals surface area contributed by atoms with Gasteiger partial charge >= 0.3 is 0 Å². The lowest BCUT2D eigenvalue weighted by molar-refractivity contribution is 0.660. The van der Waals surface area contributed by atoms with Crippen LogP contribution in [0.15, 0.2) is 437 Å². The highest BCUT2D eigenvalue weighted by Gasteiger charge is 2.39. The van der Waals surface area contributed by atoms with Crippen molar-refractivity contribution in [2.24, 2.45) is 0 Å². The van der Waals surface area contributed by atoms with Gasteiger partial charge < -0.3 is 9.80 Å². The third kappa shape index (κ3) is 14.5. The molecular weight excluding hydrogens is 1520 g/mol. The van der Waals surface area contributed by atoms with Gasteiger partial charge in [-0.2, -0.15) is 0 Å². The Balaban J connectivity index is 0.000000127. The van der Waals surface area contributed by atoms with Gasteiger partial charge in [-0.3, -0.25) is 9.97 Å². The Hall–Kier alpha value is -14.9. The standard InChI is InChI=1S/C51H42.C44H32N2.C24H16N2.B2.B/c1-49(2)43-16-10-7-13-37(43)40-22-19-31(28-46(40)49)34-25-35(32-20-23-41-38-14-8-11-17-44(38)50(3,4)47(41)29-32)27-36(26-34)33-21-24-42-39-15-9-12-18-45(39)51(5,6)48(42)30-33;1-3-17-37(18-4-1)45(43-23-11-15-35-13-7-9-21-41(35)43)39-29-25-33(26-30-39)34-27-31-40(32-28-34)46(38-19-5-2-6-20-38)44-24-12-16-36-14-8-10-22-42(36)44;1-3-7-17(8-4-1)19-13-15-25-23-21(19)11-12-22-20(14-16-26-24(22)23)18-9-5-2-6-10-18;1-2;/h7-30H,1-6H3;1-32H;1-16H;;. The van der Waals surface area contributed by atoms with Gasteiger partial charge in [0.15, 0.2) is 0 Å². The number of nitrogens with zero attached hydrogens (tertiary/aromatic N) is 4. The van der Waals surface area contributed by atoms with Crippen LogP contribution in [0.3, 0.4) is 0 Å². The van der Waals surface area contributed by atoms with Gasteiger partial charge in [0.1, 0.15) is 0 Å². The van der Waals surface area contributed by atoms with Crippen LogP contribution in [-0.2, 0) is 16.2 Å². The molecule has 0 saturated carbocycles. The summed E-state index contributed by atoms with van der Waals surface area (Å²) < 4.78 is 0. The van der Waals surface area contributed by atoms with Crippen LogP contribution in [0.4, 0.5) is 34.1 Å². The molecule has 7 radical (unpaired) electrons. The van der Waals surface area contributed by atoms with E-state index in [1.54, 1.807) is 0 Å². The van der Waals surface area contributed by atoms with Gasteiger partial charge in [-0.05, 0) is 253 Å². The van der Waals surface area contributed by atoms with Crippen molar-refractivity contribution in [2.45, 2.75) is 57.8 Å². The second-order valence-corrected chi connectivity index (χ2v) is 34.3. The number of anilines is 6. The zero-order valence-corrected chi connectivity index (χ0v) is 71.6. The molecule has 2 heterocycles. The summed E-state index contributed by atoms with van der Waals surface area (Å²) in [7, 11) is 8.00. The summed E-state index contributed by atoms with van der Waals surface area (Å²) in [6, 6.07) is 154. The molecule has 7 heteroatoms. The normalized spacial score (nSPS) is 12.9. The van der Waals surface area contributed by atoms with Crippen LogP contribution in [-0.4, -0.2) is 33.9 Å². The van der Waals surface area contributed by atoms with Crippen molar-refractivity contribution >= 4 is 101 Å². The molecule has 0 unspecified atom stereocenters. The van der Waals surface area contributed by atoms with Gasteiger partial charge in [0.05, 0.1) is 22.4 Å². The van der Waals surface area contributed by atoms with Gasteiger partial charge in [-0.25, -0.2) is 0 Å². The van der Waals surface area contributed by atoms with Gasteiger partial charge in [0, 0.05) is 96.8 Å². The smallest absolute Gasteiger partial charge is 0.0970 e. The maximum Gasteiger partial charge on any atom is 0.0970 e. The van der Waals surface area contributed by atoms with E-state index < -0.39 is 0 Å². The van der Waals surface area contributed by atoms with Crippen LogP contribution >= 0.6 is 0 Å². The van der Waals surface area contributed by atoms with Gasteiger partial charge in [0.2, 0.25) is 0 Å². The Morgan fingerprint density at radius 1 is 0.198 bits per heavy atom. The predicted octanol–water partition coefficient (Wildman–Crippen LogP) is 31.2. The average molecular weight is 1610 g/mol. The Morgan fingerprint density at radius 2 is 0.476 bits per heavy atom. The number of para-hydroxylation sites is 2. The minimum absolute atomic E-state index is 0. The Morgan fingerprint density at radius 3 is 0.825 bits per heavy atom. The molecule has 126 heavy (non-hydrogen) atoms. The van der Waals surface area contributed by atoms with E-state index >= 15 is 0 Å². The molecule has 0 bridgehead atoms. The number of pyridine rings is 2. The first-order chi connectivity index (χ1) is 61.3. The summed E-state index contributed by atoms with van der Waals surface area (Å²) in [6.45, 7) is 14.2. The van der Waals surface area contributed by atoms with Crippen molar-refractivity contribution in [3.8, 4) is 100 Å². The first-order valence-corrected chi connectivity index (χ1v) is 43.1. The molecule has 0 amide bonds. The number of aromatic nitrogens is 2. The van der Waals surface area contributed by atoms with Crippen LogP contribution in [0.5, 0.6) is 0 Å². The third-order valence-corrected chi connectivity index (χ3v) is 26.1. The minimum Gasteiger partial charge on any atom is -0.310 e. The highest BCUT2D eigenvalue weighted by molar-refractivity contribution is 6.75. The molecule has 0 saturated heterocycles. The van der Waals surface area contributed by atoms with E-state index in [-0.39, 0.29) is 24.7 Å². The largest absolute Gasteiger partial charge is 0.310 e. The molecule has 595 valence electrons. The zero-order valence-electron chi connectivity index (χ0n) is 71.6. The second kappa shape index (κ2) is 33.7. The molecule has 3 aliphatic rings. The van der Waals surface area contributed by atoms with Crippen molar-refractivity contribution in [1.82, 2.24) is 9.97 Å². The molecule has 0 N–H and O–H groups in total. The average Bonchev–Trinajstić information content (AvgIpc) is 1.62. The number of hydrogen-bond acceptors (Lipinski definition) is 4. The molecule has 2 aromatic heterocycles. The first kappa shape index (κ1) is 80.8. The fourth-order valence-corrected chi connectivity index (χ4v) is 19.8. The fourth-order valence-electron chi connectivity index (χ4n) is 19.8. The monoisotopic (exact) mass is 1610 g/mol. The number of fused-ring (bicyclic) bond motifs is 14. The van der Waals surface area contributed by atoms with E-state index in [9.17, 15) is 0 Å². The maximum absolute atomic E-state index is 4.67. The molecule has 0 fully saturated rings. The first-order valence-electron chi connectivity index (χ1n) is 43.1. The molecule has 0 aliphatic heterocycles. The fraction of sp³-hybridized carbons (Fsp3) is 0.0756. The maximum atomic E-state index is 4.67. The van der Waals surface area contributed by atoms with Gasteiger partial charge in [-0.15, -0.1) is 0 Å². The van der Waals surface area contributed by atoms with Crippen molar-refractivity contribution in [1.29, 1.82) is 0 Å². The summed E-state index contributed by atoms with van der Waals surface area (Å²) in [5.41, 5.74) is 39.8. The summed E-state index contributed by atoms with van der Waals surface area (Å²) >= 11 is 0. The van der Waals surface area contributed by atoms with E-state index in [1.807, 2.05) is 24.5 Å². The van der Waals surface area contributed by atoms with Gasteiger partial charge in [-0.1, -0.05) is 357 Å². The Kier molecular flexibility index (Phi) is 21.6. The van der Waals surface area contributed by atoms with Crippen LogP contribution < -0.4 is 9.80 Å². The predicted molar refractivity (Wildman–Crippen MR) is 537 cm³/mol. The summed E-state index contributed by atoms with van der Waals surface area (Å²) in [5.74, 6) is 0. The van der Waals surface area contributed by atoms with Crippen molar-refractivity contribution in [3.05, 3.63) is 470 Å². The van der Waals surface area contributed by atoms with E-state index in [1.165, 1.54) is 155 Å². The van der Waals surface area contributed by atoms with E-state index in [0.717, 1.165) is 55.9 Å². The lowest BCUT2D eigenvalue weighted by atomic mass is 9.80. The summed E-state index contributed by atoms with van der Waals surface area (Å²) in [6.07, 6.45) is 3.75.